The van der Waals surface area contributed by atoms with Crippen LogP contribution in [0.15, 0.2) is 73.3 Å². The van der Waals surface area contributed by atoms with Gasteiger partial charge in [-0.05, 0) is 23.0 Å². The molecular weight excluding hydrogens is 388 g/mol. The predicted octanol–water partition coefficient (Wildman–Crippen LogP) is 5.65. The molecule has 0 amide bonds. The van der Waals surface area contributed by atoms with Crippen LogP contribution in [-0.4, -0.2) is 37.1 Å². The van der Waals surface area contributed by atoms with Crippen molar-refractivity contribution >= 4 is 0 Å². The molecule has 0 spiro atoms. The molecule has 0 fully saturated rings. The molecule has 172 valence electrons. The van der Waals surface area contributed by atoms with Crippen LogP contribution in [-0.2, 0) is 27.4 Å². The van der Waals surface area contributed by atoms with Crippen molar-refractivity contribution in [3.63, 3.8) is 0 Å². The standard InChI is InChI=1S/C15H22O2.C12H18O2/c1-4-10-16-12-15(13(2)3)17-11-14-8-6-5-7-9-14;1-10(2)12(8-13)14-9-11-6-4-3-5-7-11/h4-9,13,15H,1,10-12H2,2-3H3;3-7,10,12-13H,8-9H2,1-2H3/t15-;12-/m11/s1. The van der Waals surface area contributed by atoms with Gasteiger partial charge in [-0.1, -0.05) is 94.4 Å². The summed E-state index contributed by atoms with van der Waals surface area (Å²) in [5, 5.41) is 9.05. The smallest absolute Gasteiger partial charge is 0.0836 e. The number of ether oxygens (including phenoxy) is 3. The normalized spacial score (nSPS) is 12.9. The highest BCUT2D eigenvalue weighted by Crippen LogP contribution is 2.11. The molecule has 0 unspecified atom stereocenters. The molecule has 0 aliphatic heterocycles. The summed E-state index contributed by atoms with van der Waals surface area (Å²) < 4.78 is 16.9. The van der Waals surface area contributed by atoms with E-state index in [0.717, 1.165) is 5.56 Å². The fourth-order valence-electron chi connectivity index (χ4n) is 2.71. The van der Waals surface area contributed by atoms with Crippen LogP contribution < -0.4 is 0 Å². The van der Waals surface area contributed by atoms with Gasteiger partial charge in [0.25, 0.3) is 0 Å². The molecule has 0 saturated carbocycles. The number of aliphatic hydroxyl groups is 1. The average Bonchev–Trinajstić information content (AvgIpc) is 2.78. The van der Waals surface area contributed by atoms with Crippen molar-refractivity contribution in [2.45, 2.75) is 53.1 Å². The SMILES string of the molecule is C=CCOC[C@@H](OCc1ccccc1)C(C)C.CC(C)[C@@H](CO)OCc1ccccc1. The first-order chi connectivity index (χ1) is 15.0. The van der Waals surface area contributed by atoms with E-state index in [9.17, 15) is 0 Å². The summed E-state index contributed by atoms with van der Waals surface area (Å²) in [5.74, 6) is 0.798. The van der Waals surface area contributed by atoms with Crippen LogP contribution in [0, 0.1) is 11.8 Å². The van der Waals surface area contributed by atoms with Gasteiger partial charge in [0.15, 0.2) is 0 Å². The van der Waals surface area contributed by atoms with E-state index < -0.39 is 0 Å². The molecule has 2 aromatic carbocycles. The molecule has 0 bridgehead atoms. The van der Waals surface area contributed by atoms with Gasteiger partial charge in [0.05, 0.1) is 45.2 Å². The molecule has 0 heterocycles. The molecule has 0 radical (unpaired) electrons. The number of aliphatic hydroxyl groups excluding tert-OH is 1. The van der Waals surface area contributed by atoms with Gasteiger partial charge in [-0.15, -0.1) is 6.58 Å². The number of rotatable bonds is 13. The van der Waals surface area contributed by atoms with Crippen molar-refractivity contribution in [1.82, 2.24) is 0 Å². The van der Waals surface area contributed by atoms with Crippen molar-refractivity contribution in [2.24, 2.45) is 11.8 Å². The minimum atomic E-state index is -0.0600. The molecule has 4 heteroatoms. The zero-order valence-electron chi connectivity index (χ0n) is 19.6. The Morgan fingerprint density at radius 3 is 1.61 bits per heavy atom. The molecular formula is C27H40O4. The quantitative estimate of drug-likeness (QED) is 0.331. The van der Waals surface area contributed by atoms with Gasteiger partial charge >= 0.3 is 0 Å². The molecule has 0 aromatic heterocycles. The Kier molecular flexibility index (Phi) is 14.6. The van der Waals surface area contributed by atoms with Crippen molar-refractivity contribution in [1.29, 1.82) is 0 Å². The van der Waals surface area contributed by atoms with Gasteiger partial charge in [0.2, 0.25) is 0 Å². The third kappa shape index (κ3) is 12.5. The van der Waals surface area contributed by atoms with Crippen LogP contribution in [0.2, 0.25) is 0 Å². The predicted molar refractivity (Wildman–Crippen MR) is 128 cm³/mol. The van der Waals surface area contributed by atoms with E-state index in [-0.39, 0.29) is 18.8 Å². The Hall–Kier alpha value is -1.98. The lowest BCUT2D eigenvalue weighted by molar-refractivity contribution is -0.0421. The van der Waals surface area contributed by atoms with E-state index in [1.54, 1.807) is 6.08 Å². The summed E-state index contributed by atoms with van der Waals surface area (Å²) in [4.78, 5) is 0. The first-order valence-corrected chi connectivity index (χ1v) is 11.1. The topological polar surface area (TPSA) is 47.9 Å². The van der Waals surface area contributed by atoms with Gasteiger partial charge in [0.1, 0.15) is 0 Å². The van der Waals surface area contributed by atoms with Gasteiger partial charge in [-0.3, -0.25) is 0 Å². The minimum absolute atomic E-state index is 0.0600. The van der Waals surface area contributed by atoms with Gasteiger partial charge in [-0.25, -0.2) is 0 Å². The van der Waals surface area contributed by atoms with Crippen molar-refractivity contribution in [2.75, 3.05) is 19.8 Å². The fourth-order valence-corrected chi connectivity index (χ4v) is 2.71. The molecule has 1 N–H and O–H groups in total. The zero-order chi connectivity index (χ0) is 22.9. The maximum absolute atomic E-state index is 9.05. The maximum atomic E-state index is 9.05. The van der Waals surface area contributed by atoms with Crippen LogP contribution in [0.3, 0.4) is 0 Å². The zero-order valence-corrected chi connectivity index (χ0v) is 19.6. The van der Waals surface area contributed by atoms with Crippen molar-refractivity contribution in [3.8, 4) is 0 Å². The molecule has 0 aliphatic rings. The minimum Gasteiger partial charge on any atom is -0.394 e. The van der Waals surface area contributed by atoms with Crippen molar-refractivity contribution in [3.05, 3.63) is 84.4 Å². The molecule has 0 saturated heterocycles. The number of hydrogen-bond acceptors (Lipinski definition) is 4. The second-order valence-corrected chi connectivity index (χ2v) is 8.17. The van der Waals surface area contributed by atoms with Crippen molar-refractivity contribution < 1.29 is 19.3 Å². The Labute approximate surface area is 188 Å². The highest BCUT2D eigenvalue weighted by molar-refractivity contribution is 5.14. The molecule has 2 rings (SSSR count). The average molecular weight is 429 g/mol. The van der Waals surface area contributed by atoms with Gasteiger partial charge in [0, 0.05) is 0 Å². The fraction of sp³-hybridized carbons (Fsp3) is 0.481. The van der Waals surface area contributed by atoms with Crippen LogP contribution in [0.25, 0.3) is 0 Å². The first-order valence-electron chi connectivity index (χ1n) is 11.1. The number of benzene rings is 2. The van der Waals surface area contributed by atoms with Gasteiger partial charge in [-0.2, -0.15) is 0 Å². The lowest BCUT2D eigenvalue weighted by Gasteiger charge is -2.21. The Morgan fingerprint density at radius 1 is 0.774 bits per heavy atom. The van der Waals surface area contributed by atoms with Crippen LogP contribution >= 0.6 is 0 Å². The van der Waals surface area contributed by atoms with E-state index in [2.05, 4.69) is 32.6 Å². The van der Waals surface area contributed by atoms with E-state index in [0.29, 0.717) is 38.3 Å². The largest absolute Gasteiger partial charge is 0.394 e. The van der Waals surface area contributed by atoms with E-state index in [1.807, 2.05) is 62.4 Å². The highest BCUT2D eigenvalue weighted by Gasteiger charge is 2.14. The molecule has 2 atom stereocenters. The van der Waals surface area contributed by atoms with Crippen LogP contribution in [0.1, 0.15) is 38.8 Å². The Balaban J connectivity index is 0.000000316. The van der Waals surface area contributed by atoms with Gasteiger partial charge < -0.3 is 19.3 Å². The summed E-state index contributed by atoms with van der Waals surface area (Å²) >= 11 is 0. The molecule has 2 aromatic rings. The Bertz CT molecular complexity index is 670. The third-order valence-corrected chi connectivity index (χ3v) is 4.80. The highest BCUT2D eigenvalue weighted by atomic mass is 16.5. The summed E-state index contributed by atoms with van der Waals surface area (Å²) in [7, 11) is 0. The Morgan fingerprint density at radius 2 is 1.23 bits per heavy atom. The summed E-state index contributed by atoms with van der Waals surface area (Å²) in [6, 6.07) is 20.2. The monoisotopic (exact) mass is 428 g/mol. The molecule has 0 aliphatic carbocycles. The van der Waals surface area contributed by atoms with Crippen LogP contribution in [0.5, 0.6) is 0 Å². The van der Waals surface area contributed by atoms with E-state index in [1.165, 1.54) is 5.56 Å². The maximum Gasteiger partial charge on any atom is 0.0836 e. The second kappa shape index (κ2) is 16.7. The summed E-state index contributed by atoms with van der Waals surface area (Å²) in [6.07, 6.45) is 1.83. The van der Waals surface area contributed by atoms with E-state index >= 15 is 0 Å². The third-order valence-electron chi connectivity index (χ3n) is 4.80. The summed E-state index contributed by atoms with van der Waals surface area (Å²) in [6.45, 7) is 14.5. The lowest BCUT2D eigenvalue weighted by atomic mass is 10.1. The lowest BCUT2D eigenvalue weighted by Crippen LogP contribution is -2.25. The van der Waals surface area contributed by atoms with Crippen LogP contribution in [0.4, 0.5) is 0 Å². The number of hydrogen-bond donors (Lipinski definition) is 1. The summed E-state index contributed by atoms with van der Waals surface area (Å²) in [5.41, 5.74) is 2.34. The van der Waals surface area contributed by atoms with E-state index in [4.69, 9.17) is 19.3 Å². The first kappa shape index (κ1) is 27.1. The molecule has 4 nitrogen and oxygen atoms in total. The molecule has 31 heavy (non-hydrogen) atoms. The second-order valence-electron chi connectivity index (χ2n) is 8.17.